The van der Waals surface area contributed by atoms with Crippen LogP contribution in [0.3, 0.4) is 0 Å². The monoisotopic (exact) mass is 433 g/mol. The number of rotatable bonds is 6. The summed E-state index contributed by atoms with van der Waals surface area (Å²) in [5.41, 5.74) is 0.129. The average molecular weight is 434 g/mol. The Kier molecular flexibility index (Phi) is 6.75. The summed E-state index contributed by atoms with van der Waals surface area (Å²) in [5, 5.41) is 0.612. The van der Waals surface area contributed by atoms with Crippen molar-refractivity contribution in [1.82, 2.24) is 4.90 Å². The minimum absolute atomic E-state index is 0.0606. The van der Waals surface area contributed by atoms with Gasteiger partial charge in [0.05, 0.1) is 21.8 Å². The standard InChI is InChI=1S/C22H24ClNO4S/c1-3-28-21(27)22(13-16-6-4-7-17(23)12-16)10-5-11-24(14-22)20(26)19-9-8-18(29-19)15(2)25/h4,6-9,12H,3,5,10-11,13-14H2,1-2H3/t22-/m0/s1. The molecule has 0 aliphatic carbocycles. The normalized spacial score (nSPS) is 19.1. The summed E-state index contributed by atoms with van der Waals surface area (Å²) in [6.45, 7) is 4.41. The molecule has 1 aliphatic heterocycles. The van der Waals surface area contributed by atoms with E-state index in [1.165, 1.54) is 18.3 Å². The number of Topliss-reactive ketones (excluding diaryl/α,β-unsaturated/α-hetero) is 1. The highest BCUT2D eigenvalue weighted by Crippen LogP contribution is 2.37. The van der Waals surface area contributed by atoms with Crippen molar-refractivity contribution in [2.45, 2.75) is 33.1 Å². The van der Waals surface area contributed by atoms with Crippen molar-refractivity contribution in [2.75, 3.05) is 19.7 Å². The third-order valence-electron chi connectivity index (χ3n) is 5.17. The SMILES string of the molecule is CCOC(=O)[C@]1(Cc2cccc(Cl)c2)CCCN(C(=O)c2ccc(C(C)=O)s2)C1. The smallest absolute Gasteiger partial charge is 0.314 e. The molecule has 1 saturated heterocycles. The molecule has 3 rings (SSSR count). The van der Waals surface area contributed by atoms with Crippen molar-refractivity contribution < 1.29 is 19.1 Å². The zero-order valence-electron chi connectivity index (χ0n) is 16.6. The maximum absolute atomic E-state index is 13.1. The van der Waals surface area contributed by atoms with E-state index in [0.717, 1.165) is 5.56 Å². The van der Waals surface area contributed by atoms with Crippen molar-refractivity contribution in [3.8, 4) is 0 Å². The number of thiophene rings is 1. The Bertz CT molecular complexity index is 925. The molecule has 1 aliphatic rings. The van der Waals surface area contributed by atoms with E-state index >= 15 is 0 Å². The summed E-state index contributed by atoms with van der Waals surface area (Å²) in [5.74, 6) is -0.496. The van der Waals surface area contributed by atoms with Gasteiger partial charge in [-0.05, 0) is 62.9 Å². The number of halogens is 1. The molecule has 1 aromatic heterocycles. The van der Waals surface area contributed by atoms with Gasteiger partial charge < -0.3 is 9.64 Å². The van der Waals surface area contributed by atoms with Crippen LogP contribution in [-0.4, -0.2) is 42.3 Å². The number of hydrogen-bond acceptors (Lipinski definition) is 5. The van der Waals surface area contributed by atoms with Gasteiger partial charge in [-0.3, -0.25) is 14.4 Å². The predicted molar refractivity (Wildman–Crippen MR) is 114 cm³/mol. The fourth-order valence-electron chi connectivity index (χ4n) is 3.81. The first kappa shape index (κ1) is 21.5. The fraction of sp³-hybridized carbons (Fsp3) is 0.409. The second-order valence-corrected chi connectivity index (χ2v) is 8.88. The summed E-state index contributed by atoms with van der Waals surface area (Å²) in [6, 6.07) is 10.8. The molecule has 5 nitrogen and oxygen atoms in total. The zero-order valence-corrected chi connectivity index (χ0v) is 18.1. The minimum Gasteiger partial charge on any atom is -0.466 e. The number of carbonyl (C=O) groups is 3. The van der Waals surface area contributed by atoms with E-state index in [-0.39, 0.29) is 30.8 Å². The lowest BCUT2D eigenvalue weighted by molar-refractivity contribution is -0.158. The summed E-state index contributed by atoms with van der Waals surface area (Å²) in [6.07, 6.45) is 1.81. The number of nitrogens with zero attached hydrogens (tertiary/aromatic N) is 1. The first-order valence-electron chi connectivity index (χ1n) is 9.66. The first-order chi connectivity index (χ1) is 13.8. The molecular formula is C22H24ClNO4S. The maximum Gasteiger partial charge on any atom is 0.314 e. The summed E-state index contributed by atoms with van der Waals surface area (Å²) in [7, 11) is 0. The molecule has 1 fully saturated rings. The second kappa shape index (κ2) is 9.09. The van der Waals surface area contributed by atoms with Crippen molar-refractivity contribution in [2.24, 2.45) is 5.41 Å². The van der Waals surface area contributed by atoms with E-state index in [2.05, 4.69) is 0 Å². The molecule has 0 N–H and O–H groups in total. The Morgan fingerprint density at radius 1 is 1.21 bits per heavy atom. The molecule has 2 aromatic rings. The number of hydrogen-bond donors (Lipinski definition) is 0. The number of piperidine rings is 1. The van der Waals surface area contributed by atoms with Gasteiger partial charge in [-0.2, -0.15) is 0 Å². The van der Waals surface area contributed by atoms with Crippen molar-refractivity contribution in [3.63, 3.8) is 0 Å². The van der Waals surface area contributed by atoms with Crippen molar-refractivity contribution >= 4 is 40.6 Å². The van der Waals surface area contributed by atoms with E-state index in [1.807, 2.05) is 18.2 Å². The molecule has 0 bridgehead atoms. The third kappa shape index (κ3) is 4.87. The summed E-state index contributed by atoms with van der Waals surface area (Å²) < 4.78 is 5.40. The molecule has 0 unspecified atom stereocenters. The van der Waals surface area contributed by atoms with Crippen LogP contribution < -0.4 is 0 Å². The largest absolute Gasteiger partial charge is 0.466 e. The number of amides is 1. The van der Waals surface area contributed by atoms with Gasteiger partial charge in [-0.15, -0.1) is 11.3 Å². The molecule has 7 heteroatoms. The topological polar surface area (TPSA) is 63.7 Å². The number of likely N-dealkylation sites (tertiary alicyclic amines) is 1. The lowest BCUT2D eigenvalue weighted by Crippen LogP contribution is -2.51. The second-order valence-electron chi connectivity index (χ2n) is 7.36. The molecule has 1 atom stereocenters. The van der Waals surface area contributed by atoms with Crippen LogP contribution in [0.2, 0.25) is 5.02 Å². The quantitative estimate of drug-likeness (QED) is 0.492. The Hall–Kier alpha value is -2.18. The highest BCUT2D eigenvalue weighted by molar-refractivity contribution is 7.15. The number of ketones is 1. The van der Waals surface area contributed by atoms with Crippen LogP contribution in [0.25, 0.3) is 0 Å². The van der Waals surface area contributed by atoms with Gasteiger partial charge in [0.25, 0.3) is 5.91 Å². The molecule has 2 heterocycles. The van der Waals surface area contributed by atoms with Gasteiger partial charge in [0.15, 0.2) is 5.78 Å². The van der Waals surface area contributed by atoms with Gasteiger partial charge >= 0.3 is 5.97 Å². The predicted octanol–water partition coefficient (Wildman–Crippen LogP) is 4.63. The van der Waals surface area contributed by atoms with Crippen LogP contribution in [0.4, 0.5) is 0 Å². The van der Waals surface area contributed by atoms with Crippen molar-refractivity contribution in [3.05, 3.63) is 56.7 Å². The molecular weight excluding hydrogens is 410 g/mol. The van der Waals surface area contributed by atoms with Crippen LogP contribution >= 0.6 is 22.9 Å². The highest BCUT2D eigenvalue weighted by Gasteiger charge is 2.45. The average Bonchev–Trinajstić information content (AvgIpc) is 3.18. The van der Waals surface area contributed by atoms with Gasteiger partial charge in [0, 0.05) is 18.1 Å². The van der Waals surface area contributed by atoms with E-state index in [1.54, 1.807) is 30.0 Å². The zero-order chi connectivity index (χ0) is 21.0. The Labute approximate surface area is 179 Å². The van der Waals surface area contributed by atoms with Crippen LogP contribution in [-0.2, 0) is 16.0 Å². The molecule has 1 aromatic carbocycles. The minimum atomic E-state index is -0.810. The fourth-order valence-corrected chi connectivity index (χ4v) is 4.89. The molecule has 154 valence electrons. The first-order valence-corrected chi connectivity index (χ1v) is 10.9. The van der Waals surface area contributed by atoms with E-state index in [0.29, 0.717) is 40.6 Å². The highest BCUT2D eigenvalue weighted by atomic mass is 35.5. The van der Waals surface area contributed by atoms with Gasteiger partial charge in [0.2, 0.25) is 0 Å². The van der Waals surface area contributed by atoms with Crippen molar-refractivity contribution in [1.29, 1.82) is 0 Å². The van der Waals surface area contributed by atoms with Crippen LogP contribution in [0, 0.1) is 5.41 Å². The Balaban J connectivity index is 1.87. The lowest BCUT2D eigenvalue weighted by Gasteiger charge is -2.41. The third-order valence-corrected chi connectivity index (χ3v) is 6.58. The van der Waals surface area contributed by atoms with E-state index in [4.69, 9.17) is 16.3 Å². The molecule has 0 saturated carbocycles. The molecule has 1 amide bonds. The molecule has 29 heavy (non-hydrogen) atoms. The Morgan fingerprint density at radius 3 is 2.62 bits per heavy atom. The van der Waals surface area contributed by atoms with Gasteiger partial charge in [0.1, 0.15) is 0 Å². The maximum atomic E-state index is 13.1. The lowest BCUT2D eigenvalue weighted by atomic mass is 9.75. The Morgan fingerprint density at radius 2 is 1.97 bits per heavy atom. The van der Waals surface area contributed by atoms with E-state index < -0.39 is 5.41 Å². The van der Waals surface area contributed by atoms with Gasteiger partial charge in [-0.25, -0.2) is 0 Å². The van der Waals surface area contributed by atoms with Crippen LogP contribution in [0.5, 0.6) is 0 Å². The van der Waals surface area contributed by atoms with E-state index in [9.17, 15) is 14.4 Å². The number of ether oxygens (including phenoxy) is 1. The molecule has 0 spiro atoms. The number of carbonyl (C=O) groups excluding carboxylic acids is 3. The van der Waals surface area contributed by atoms with Gasteiger partial charge in [-0.1, -0.05) is 23.7 Å². The number of esters is 1. The number of benzene rings is 1. The molecule has 0 radical (unpaired) electrons. The summed E-state index contributed by atoms with van der Waals surface area (Å²) >= 11 is 7.32. The van der Waals surface area contributed by atoms with Crippen LogP contribution in [0.15, 0.2) is 36.4 Å². The summed E-state index contributed by atoms with van der Waals surface area (Å²) in [4.78, 5) is 40.4. The van der Waals surface area contributed by atoms with Crippen LogP contribution in [0.1, 0.15) is 51.6 Å².